The lowest BCUT2D eigenvalue weighted by molar-refractivity contribution is 1.23. The first kappa shape index (κ1) is 15.1. The van der Waals surface area contributed by atoms with Crippen LogP contribution in [0.3, 0.4) is 0 Å². The number of anilines is 2. The topological polar surface area (TPSA) is 37.8 Å². The molecular formula is C19H14ClN3S. The highest BCUT2D eigenvalue weighted by Crippen LogP contribution is 2.34. The number of hydrogen-bond acceptors (Lipinski definition) is 4. The average molecular weight is 352 g/mol. The minimum absolute atomic E-state index is 0.642. The predicted molar refractivity (Wildman–Crippen MR) is 102 cm³/mol. The quantitative estimate of drug-likeness (QED) is 0.487. The van der Waals surface area contributed by atoms with E-state index in [0.29, 0.717) is 10.8 Å². The van der Waals surface area contributed by atoms with Gasteiger partial charge in [0.2, 0.25) is 0 Å². The Bertz CT molecular complexity index is 1010. The van der Waals surface area contributed by atoms with E-state index in [9.17, 15) is 0 Å². The van der Waals surface area contributed by atoms with Gasteiger partial charge in [-0.15, -0.1) is 11.3 Å². The van der Waals surface area contributed by atoms with Gasteiger partial charge in [-0.25, -0.2) is 9.97 Å². The zero-order valence-electron chi connectivity index (χ0n) is 13.0. The molecule has 4 aromatic rings. The van der Waals surface area contributed by atoms with E-state index in [0.717, 1.165) is 27.3 Å². The van der Waals surface area contributed by atoms with Gasteiger partial charge in [0, 0.05) is 11.1 Å². The minimum atomic E-state index is 0.642. The van der Waals surface area contributed by atoms with Gasteiger partial charge in [-0.3, -0.25) is 0 Å². The molecule has 3 nitrogen and oxygen atoms in total. The molecule has 4 rings (SSSR count). The lowest BCUT2D eigenvalue weighted by Gasteiger charge is -2.11. The molecule has 0 amide bonds. The third-order valence-corrected chi connectivity index (χ3v) is 5.08. The predicted octanol–water partition coefficient (Wildman–Crippen LogP) is 6.06. The summed E-state index contributed by atoms with van der Waals surface area (Å²) in [6.07, 6.45) is 0. The largest absolute Gasteiger partial charge is 0.340 e. The van der Waals surface area contributed by atoms with Crippen LogP contribution in [-0.4, -0.2) is 9.97 Å². The second kappa shape index (κ2) is 6.23. The molecule has 0 saturated carbocycles. The van der Waals surface area contributed by atoms with Gasteiger partial charge in [0.25, 0.3) is 0 Å². The Morgan fingerprint density at radius 3 is 2.50 bits per heavy atom. The molecule has 0 bridgehead atoms. The molecule has 0 saturated heterocycles. The maximum atomic E-state index is 6.27. The van der Waals surface area contributed by atoms with Crippen LogP contribution >= 0.6 is 22.9 Å². The summed E-state index contributed by atoms with van der Waals surface area (Å²) in [4.78, 5) is 10.3. The SMILES string of the molecule is Cc1ccc(Nc2nc(-c3sccc3Cl)nc3ccccc23)cc1. The van der Waals surface area contributed by atoms with Crippen LogP contribution in [0.15, 0.2) is 60.0 Å². The van der Waals surface area contributed by atoms with Crippen LogP contribution in [0.1, 0.15) is 5.56 Å². The van der Waals surface area contributed by atoms with Crippen molar-refractivity contribution in [1.82, 2.24) is 9.97 Å². The van der Waals surface area contributed by atoms with Gasteiger partial charge in [0.1, 0.15) is 5.82 Å². The summed E-state index contributed by atoms with van der Waals surface area (Å²) >= 11 is 7.81. The highest BCUT2D eigenvalue weighted by atomic mass is 35.5. The maximum absolute atomic E-state index is 6.27. The monoisotopic (exact) mass is 351 g/mol. The van der Waals surface area contributed by atoms with E-state index in [-0.39, 0.29) is 0 Å². The van der Waals surface area contributed by atoms with E-state index in [1.807, 2.05) is 47.8 Å². The summed E-state index contributed by atoms with van der Waals surface area (Å²) in [5.74, 6) is 1.42. The fourth-order valence-corrected chi connectivity index (χ4v) is 3.57. The van der Waals surface area contributed by atoms with Gasteiger partial charge in [0.05, 0.1) is 15.4 Å². The van der Waals surface area contributed by atoms with Crippen LogP contribution in [0, 0.1) is 6.92 Å². The molecule has 24 heavy (non-hydrogen) atoms. The first-order valence-electron chi connectivity index (χ1n) is 7.54. The molecule has 118 valence electrons. The molecule has 0 radical (unpaired) electrons. The molecule has 0 atom stereocenters. The zero-order valence-corrected chi connectivity index (χ0v) is 14.5. The summed E-state index contributed by atoms with van der Waals surface area (Å²) in [5.41, 5.74) is 3.11. The molecule has 0 aliphatic rings. The van der Waals surface area contributed by atoms with Gasteiger partial charge >= 0.3 is 0 Å². The number of aromatic nitrogens is 2. The first-order chi connectivity index (χ1) is 11.7. The van der Waals surface area contributed by atoms with Crippen molar-refractivity contribution in [3.8, 4) is 10.7 Å². The molecule has 0 aliphatic carbocycles. The lowest BCUT2D eigenvalue weighted by atomic mass is 10.2. The summed E-state index contributed by atoms with van der Waals surface area (Å²) in [5, 5.41) is 7.01. The average Bonchev–Trinajstić information content (AvgIpc) is 3.03. The van der Waals surface area contributed by atoms with Gasteiger partial charge in [-0.1, -0.05) is 41.4 Å². The number of halogens is 1. The number of nitrogens with one attached hydrogen (secondary N) is 1. The Kier molecular flexibility index (Phi) is 3.92. The highest BCUT2D eigenvalue weighted by molar-refractivity contribution is 7.14. The Morgan fingerprint density at radius 1 is 0.958 bits per heavy atom. The number of benzene rings is 2. The third kappa shape index (κ3) is 2.86. The van der Waals surface area contributed by atoms with E-state index in [1.165, 1.54) is 5.56 Å². The first-order valence-corrected chi connectivity index (χ1v) is 8.80. The smallest absolute Gasteiger partial charge is 0.173 e. The van der Waals surface area contributed by atoms with E-state index >= 15 is 0 Å². The van der Waals surface area contributed by atoms with Crippen LogP contribution in [-0.2, 0) is 0 Å². The van der Waals surface area contributed by atoms with Crippen LogP contribution in [0.2, 0.25) is 5.02 Å². The Balaban J connectivity index is 1.86. The van der Waals surface area contributed by atoms with Crippen LogP contribution in [0.25, 0.3) is 21.6 Å². The van der Waals surface area contributed by atoms with Crippen molar-refractivity contribution in [2.45, 2.75) is 6.92 Å². The van der Waals surface area contributed by atoms with E-state index in [1.54, 1.807) is 11.3 Å². The molecule has 2 heterocycles. The summed E-state index contributed by atoms with van der Waals surface area (Å²) in [6.45, 7) is 2.07. The number of para-hydroxylation sites is 1. The molecule has 0 aliphatic heterocycles. The van der Waals surface area contributed by atoms with Crippen molar-refractivity contribution in [3.05, 3.63) is 70.6 Å². The van der Waals surface area contributed by atoms with E-state index in [2.05, 4.69) is 29.4 Å². The van der Waals surface area contributed by atoms with Crippen molar-refractivity contribution in [1.29, 1.82) is 0 Å². The number of aryl methyl sites for hydroxylation is 1. The molecule has 5 heteroatoms. The van der Waals surface area contributed by atoms with Crippen molar-refractivity contribution in [2.75, 3.05) is 5.32 Å². The summed E-state index contributed by atoms with van der Waals surface area (Å²) in [6, 6.07) is 18.1. The summed E-state index contributed by atoms with van der Waals surface area (Å²) in [7, 11) is 0. The lowest BCUT2D eigenvalue weighted by Crippen LogP contribution is -1.99. The molecule has 2 aromatic heterocycles. The summed E-state index contributed by atoms with van der Waals surface area (Å²) < 4.78 is 0. The number of rotatable bonds is 3. The van der Waals surface area contributed by atoms with Crippen LogP contribution in [0.4, 0.5) is 11.5 Å². The number of nitrogens with zero attached hydrogens (tertiary/aromatic N) is 2. The number of hydrogen-bond donors (Lipinski definition) is 1. The zero-order chi connectivity index (χ0) is 16.5. The molecule has 2 aromatic carbocycles. The minimum Gasteiger partial charge on any atom is -0.340 e. The second-order valence-corrected chi connectivity index (χ2v) is 6.82. The molecule has 0 spiro atoms. The van der Waals surface area contributed by atoms with Crippen molar-refractivity contribution < 1.29 is 0 Å². The molecule has 0 unspecified atom stereocenters. The highest BCUT2D eigenvalue weighted by Gasteiger charge is 2.13. The van der Waals surface area contributed by atoms with Crippen LogP contribution < -0.4 is 5.32 Å². The van der Waals surface area contributed by atoms with E-state index in [4.69, 9.17) is 16.6 Å². The van der Waals surface area contributed by atoms with Gasteiger partial charge in [-0.05, 0) is 42.6 Å². The van der Waals surface area contributed by atoms with Crippen molar-refractivity contribution in [2.24, 2.45) is 0 Å². The number of thiophene rings is 1. The fraction of sp³-hybridized carbons (Fsp3) is 0.0526. The van der Waals surface area contributed by atoms with Crippen LogP contribution in [0.5, 0.6) is 0 Å². The van der Waals surface area contributed by atoms with E-state index < -0.39 is 0 Å². The molecule has 1 N–H and O–H groups in total. The van der Waals surface area contributed by atoms with Crippen molar-refractivity contribution >= 4 is 45.3 Å². The molecular weight excluding hydrogens is 338 g/mol. The normalized spacial score (nSPS) is 10.9. The standard InChI is InChI=1S/C19H14ClN3S/c1-12-6-8-13(9-7-12)21-18-14-4-2-3-5-16(14)22-19(23-18)17-15(20)10-11-24-17/h2-11H,1H3,(H,21,22,23). The van der Waals surface area contributed by atoms with Gasteiger partial charge < -0.3 is 5.32 Å². The molecule has 0 fully saturated rings. The van der Waals surface area contributed by atoms with Crippen molar-refractivity contribution in [3.63, 3.8) is 0 Å². The number of fused-ring (bicyclic) bond motifs is 1. The Labute approximate surface area is 149 Å². The fourth-order valence-electron chi connectivity index (χ4n) is 2.50. The second-order valence-electron chi connectivity index (χ2n) is 5.50. The Hall–Kier alpha value is -2.43. The Morgan fingerprint density at radius 2 is 1.75 bits per heavy atom. The third-order valence-electron chi connectivity index (χ3n) is 3.74. The van der Waals surface area contributed by atoms with Gasteiger partial charge in [-0.2, -0.15) is 0 Å². The van der Waals surface area contributed by atoms with Gasteiger partial charge in [0.15, 0.2) is 5.82 Å². The maximum Gasteiger partial charge on any atom is 0.173 e.